The van der Waals surface area contributed by atoms with Crippen molar-refractivity contribution in [3.8, 4) is 0 Å². The second-order valence-corrected chi connectivity index (χ2v) is 6.12. The summed E-state index contributed by atoms with van der Waals surface area (Å²) in [5, 5.41) is 3.63. The molecule has 3 fully saturated rings. The molecule has 0 bridgehead atoms. The van der Waals surface area contributed by atoms with Gasteiger partial charge in [-0.15, -0.1) is 0 Å². The van der Waals surface area contributed by atoms with E-state index >= 15 is 0 Å². The van der Waals surface area contributed by atoms with Gasteiger partial charge in [0, 0.05) is 19.1 Å². The maximum absolute atomic E-state index is 12.2. The molecule has 1 saturated heterocycles. The standard InChI is InChI=1S/C14H24N2O/c1-10(14(17)16-8-2-3-9-16)15-13(11-4-5-11)12-6-7-12/h10-13,15H,2-9H2,1H3. The SMILES string of the molecule is CC(NC(C1CC1)C1CC1)C(=O)N1CCCC1. The van der Waals surface area contributed by atoms with Crippen molar-refractivity contribution in [3.05, 3.63) is 0 Å². The van der Waals surface area contributed by atoms with Gasteiger partial charge in [-0.05, 0) is 57.3 Å². The second kappa shape index (κ2) is 4.60. The molecule has 1 atom stereocenters. The van der Waals surface area contributed by atoms with Crippen LogP contribution >= 0.6 is 0 Å². The third-order valence-electron chi connectivity index (χ3n) is 4.49. The first-order valence-corrected chi connectivity index (χ1v) is 7.30. The lowest BCUT2D eigenvalue weighted by Gasteiger charge is -2.26. The van der Waals surface area contributed by atoms with Crippen LogP contribution in [-0.4, -0.2) is 36.0 Å². The zero-order valence-electron chi connectivity index (χ0n) is 10.8. The summed E-state index contributed by atoms with van der Waals surface area (Å²) in [4.78, 5) is 14.3. The summed E-state index contributed by atoms with van der Waals surface area (Å²) >= 11 is 0. The number of hydrogen-bond donors (Lipinski definition) is 1. The second-order valence-electron chi connectivity index (χ2n) is 6.12. The van der Waals surface area contributed by atoms with Gasteiger partial charge in [0.1, 0.15) is 0 Å². The number of carbonyl (C=O) groups is 1. The van der Waals surface area contributed by atoms with E-state index < -0.39 is 0 Å². The highest BCUT2D eigenvalue weighted by molar-refractivity contribution is 5.81. The summed E-state index contributed by atoms with van der Waals surface area (Å²) in [5.41, 5.74) is 0. The van der Waals surface area contributed by atoms with Crippen LogP contribution in [-0.2, 0) is 4.79 Å². The van der Waals surface area contributed by atoms with Crippen LogP contribution in [0.25, 0.3) is 0 Å². The first-order valence-electron chi connectivity index (χ1n) is 7.30. The summed E-state index contributed by atoms with van der Waals surface area (Å²) in [5.74, 6) is 2.07. The molecule has 1 N–H and O–H groups in total. The van der Waals surface area contributed by atoms with Crippen molar-refractivity contribution in [3.63, 3.8) is 0 Å². The van der Waals surface area contributed by atoms with Crippen molar-refractivity contribution in [2.75, 3.05) is 13.1 Å². The minimum atomic E-state index is 0.0271. The molecule has 2 saturated carbocycles. The summed E-state index contributed by atoms with van der Waals surface area (Å²) < 4.78 is 0. The maximum atomic E-state index is 12.2. The van der Waals surface area contributed by atoms with Crippen molar-refractivity contribution < 1.29 is 4.79 Å². The van der Waals surface area contributed by atoms with Crippen LogP contribution in [0.1, 0.15) is 45.4 Å². The fourth-order valence-electron chi connectivity index (χ4n) is 3.14. The topological polar surface area (TPSA) is 32.3 Å². The van der Waals surface area contributed by atoms with Gasteiger partial charge >= 0.3 is 0 Å². The molecule has 1 heterocycles. The summed E-state index contributed by atoms with van der Waals surface area (Å²) in [6.45, 7) is 4.00. The van der Waals surface area contributed by atoms with Gasteiger partial charge in [-0.25, -0.2) is 0 Å². The summed E-state index contributed by atoms with van der Waals surface area (Å²) in [6, 6.07) is 0.663. The van der Waals surface area contributed by atoms with Crippen LogP contribution in [0.4, 0.5) is 0 Å². The van der Waals surface area contributed by atoms with Crippen molar-refractivity contribution in [1.29, 1.82) is 0 Å². The van der Waals surface area contributed by atoms with E-state index in [0.29, 0.717) is 11.9 Å². The highest BCUT2D eigenvalue weighted by Gasteiger charge is 2.42. The fraction of sp³-hybridized carbons (Fsp3) is 0.929. The third kappa shape index (κ3) is 2.65. The Hall–Kier alpha value is -0.570. The highest BCUT2D eigenvalue weighted by Crippen LogP contribution is 2.44. The quantitative estimate of drug-likeness (QED) is 0.789. The lowest BCUT2D eigenvalue weighted by molar-refractivity contribution is -0.132. The monoisotopic (exact) mass is 236 g/mol. The smallest absolute Gasteiger partial charge is 0.239 e. The van der Waals surface area contributed by atoms with E-state index in [1.165, 1.54) is 38.5 Å². The largest absolute Gasteiger partial charge is 0.341 e. The van der Waals surface area contributed by atoms with Gasteiger partial charge in [-0.1, -0.05) is 0 Å². The Kier molecular flexibility index (Phi) is 3.12. The predicted octanol–water partition coefficient (Wildman–Crippen LogP) is 1.78. The van der Waals surface area contributed by atoms with E-state index in [1.54, 1.807) is 0 Å². The maximum Gasteiger partial charge on any atom is 0.239 e. The van der Waals surface area contributed by atoms with E-state index in [9.17, 15) is 4.79 Å². The van der Waals surface area contributed by atoms with Crippen LogP contribution in [0.2, 0.25) is 0 Å². The van der Waals surface area contributed by atoms with Crippen molar-refractivity contribution in [2.45, 2.75) is 57.5 Å². The molecule has 1 amide bonds. The molecule has 2 aliphatic carbocycles. The minimum absolute atomic E-state index is 0.0271. The molecule has 17 heavy (non-hydrogen) atoms. The Balaban J connectivity index is 1.53. The number of amides is 1. The van der Waals surface area contributed by atoms with Gasteiger partial charge in [0.15, 0.2) is 0 Å². The number of rotatable bonds is 5. The van der Waals surface area contributed by atoms with E-state index in [1.807, 2.05) is 4.90 Å². The predicted molar refractivity (Wildman–Crippen MR) is 67.6 cm³/mol. The van der Waals surface area contributed by atoms with Crippen LogP contribution in [0.5, 0.6) is 0 Å². The van der Waals surface area contributed by atoms with Gasteiger partial charge in [0.05, 0.1) is 6.04 Å². The molecule has 3 aliphatic rings. The van der Waals surface area contributed by atoms with E-state index in [-0.39, 0.29) is 6.04 Å². The average molecular weight is 236 g/mol. The van der Waals surface area contributed by atoms with E-state index in [4.69, 9.17) is 0 Å². The number of carbonyl (C=O) groups excluding carboxylic acids is 1. The summed E-state index contributed by atoms with van der Waals surface area (Å²) in [7, 11) is 0. The molecule has 3 nitrogen and oxygen atoms in total. The average Bonchev–Trinajstić information content (AvgIpc) is 3.25. The molecule has 96 valence electrons. The first kappa shape index (κ1) is 11.5. The molecular formula is C14H24N2O. The van der Waals surface area contributed by atoms with E-state index in [2.05, 4.69) is 12.2 Å². The van der Waals surface area contributed by atoms with Crippen LogP contribution in [0.3, 0.4) is 0 Å². The van der Waals surface area contributed by atoms with Crippen molar-refractivity contribution >= 4 is 5.91 Å². The van der Waals surface area contributed by atoms with Gasteiger partial charge in [0.2, 0.25) is 5.91 Å². The normalized spacial score (nSPS) is 26.6. The van der Waals surface area contributed by atoms with Crippen molar-refractivity contribution in [1.82, 2.24) is 10.2 Å². The molecule has 0 aromatic heterocycles. The molecule has 0 spiro atoms. The molecule has 1 unspecified atom stereocenters. The molecule has 0 aromatic rings. The highest BCUT2D eigenvalue weighted by atomic mass is 16.2. The third-order valence-corrected chi connectivity index (χ3v) is 4.49. The van der Waals surface area contributed by atoms with Gasteiger partial charge in [0.25, 0.3) is 0 Å². The Bertz CT molecular complexity index is 279. The lowest BCUT2D eigenvalue weighted by Crippen LogP contribution is -2.49. The Morgan fingerprint density at radius 1 is 1.12 bits per heavy atom. The molecular weight excluding hydrogens is 212 g/mol. The molecule has 3 rings (SSSR count). The molecule has 3 heteroatoms. The molecule has 0 aromatic carbocycles. The number of hydrogen-bond acceptors (Lipinski definition) is 2. The zero-order chi connectivity index (χ0) is 11.8. The molecule has 1 aliphatic heterocycles. The number of likely N-dealkylation sites (tertiary alicyclic amines) is 1. The van der Waals surface area contributed by atoms with Crippen LogP contribution < -0.4 is 5.32 Å². The van der Waals surface area contributed by atoms with Crippen molar-refractivity contribution in [2.24, 2.45) is 11.8 Å². The fourth-order valence-corrected chi connectivity index (χ4v) is 3.14. The number of nitrogens with one attached hydrogen (secondary N) is 1. The van der Waals surface area contributed by atoms with Gasteiger partial charge in [-0.2, -0.15) is 0 Å². The number of nitrogens with zero attached hydrogens (tertiary/aromatic N) is 1. The Morgan fingerprint density at radius 2 is 1.65 bits per heavy atom. The van der Waals surface area contributed by atoms with Gasteiger partial charge in [-0.3, -0.25) is 4.79 Å². The lowest BCUT2D eigenvalue weighted by atomic mass is 10.1. The van der Waals surface area contributed by atoms with Crippen LogP contribution in [0, 0.1) is 11.8 Å². The first-order chi connectivity index (χ1) is 8.25. The van der Waals surface area contributed by atoms with E-state index in [0.717, 1.165) is 24.9 Å². The Labute approximate surface area is 104 Å². The van der Waals surface area contributed by atoms with Crippen LogP contribution in [0.15, 0.2) is 0 Å². The molecule has 0 radical (unpaired) electrons. The van der Waals surface area contributed by atoms with Gasteiger partial charge < -0.3 is 10.2 Å². The zero-order valence-corrected chi connectivity index (χ0v) is 10.8. The Morgan fingerprint density at radius 3 is 2.12 bits per heavy atom. The summed E-state index contributed by atoms with van der Waals surface area (Å²) in [6.07, 6.45) is 7.87. The minimum Gasteiger partial charge on any atom is -0.341 e.